The lowest BCUT2D eigenvalue weighted by Gasteiger charge is -2.41. The average Bonchev–Trinajstić information content (AvgIpc) is 2.81. The van der Waals surface area contributed by atoms with Crippen LogP contribution in [0.25, 0.3) is 0 Å². The van der Waals surface area contributed by atoms with Crippen molar-refractivity contribution in [1.29, 1.82) is 0 Å². The molecule has 1 aromatic carbocycles. The predicted octanol–water partition coefficient (Wildman–Crippen LogP) is 5.51. The minimum atomic E-state index is -5.08. The first-order valence-electron chi connectivity index (χ1n) is 10.8. The van der Waals surface area contributed by atoms with E-state index in [2.05, 4.69) is 20.0 Å². The van der Waals surface area contributed by atoms with Gasteiger partial charge in [0.15, 0.2) is 5.54 Å². The van der Waals surface area contributed by atoms with E-state index in [0.29, 0.717) is 4.90 Å². The molecule has 37 heavy (non-hydrogen) atoms. The molecule has 2 aromatic rings. The van der Waals surface area contributed by atoms with Gasteiger partial charge >= 0.3 is 6.36 Å². The third kappa shape index (κ3) is 6.75. The number of aromatic nitrogens is 2. The van der Waals surface area contributed by atoms with Gasteiger partial charge in [0.05, 0.1) is 5.02 Å². The number of halogens is 8. The normalized spacial score (nSPS) is 18.4. The molecule has 202 valence electrons. The number of amides is 2. The Morgan fingerprint density at radius 2 is 1.78 bits per heavy atom. The van der Waals surface area contributed by atoms with Crippen LogP contribution < -0.4 is 15.0 Å². The first kappa shape index (κ1) is 28.8. The fraction of sp³-hybridized carbons (Fsp3) is 0.455. The van der Waals surface area contributed by atoms with E-state index < -0.39 is 64.9 Å². The van der Waals surface area contributed by atoms with Gasteiger partial charge < -0.3 is 10.1 Å². The van der Waals surface area contributed by atoms with Gasteiger partial charge in [0.1, 0.15) is 12.1 Å². The summed E-state index contributed by atoms with van der Waals surface area (Å²) in [6, 6.07) is 1.88. The molecule has 0 saturated heterocycles. The second kappa shape index (κ2) is 10.9. The SMILES string of the molecule is C[C@@](C(=O)NC1CCC(F)(F)CC1)(c1cncnc1)N(C(=O)[C@H](F)Cl)c1ccc(OC(F)(F)F)c(Cl)c1. The van der Waals surface area contributed by atoms with Crippen molar-refractivity contribution < 1.29 is 40.7 Å². The Morgan fingerprint density at radius 3 is 2.30 bits per heavy atom. The maximum Gasteiger partial charge on any atom is 0.573 e. The summed E-state index contributed by atoms with van der Waals surface area (Å²) in [6.45, 7) is 1.20. The molecule has 1 heterocycles. The summed E-state index contributed by atoms with van der Waals surface area (Å²) in [5, 5.41) is 1.99. The van der Waals surface area contributed by atoms with Gasteiger partial charge in [0.2, 0.25) is 5.92 Å². The van der Waals surface area contributed by atoms with E-state index >= 15 is 0 Å². The molecular weight excluding hydrogens is 553 g/mol. The Labute approximate surface area is 217 Å². The van der Waals surface area contributed by atoms with E-state index in [1.54, 1.807) is 0 Å². The Balaban J connectivity index is 2.09. The van der Waals surface area contributed by atoms with E-state index in [1.807, 2.05) is 0 Å². The molecule has 0 aliphatic heterocycles. The highest BCUT2D eigenvalue weighted by molar-refractivity contribution is 6.33. The number of nitrogens with one attached hydrogen (secondary N) is 1. The molecular formula is C22H20Cl2F6N4O3. The summed E-state index contributed by atoms with van der Waals surface area (Å²) in [4.78, 5) is 34.9. The van der Waals surface area contributed by atoms with Crippen molar-refractivity contribution >= 4 is 40.7 Å². The zero-order valence-corrected chi connectivity index (χ0v) is 20.5. The Morgan fingerprint density at radius 1 is 1.19 bits per heavy atom. The van der Waals surface area contributed by atoms with Crippen LogP contribution in [-0.2, 0) is 15.1 Å². The number of ether oxygens (including phenoxy) is 1. The third-order valence-electron chi connectivity index (χ3n) is 5.87. The molecule has 1 N–H and O–H groups in total. The van der Waals surface area contributed by atoms with Crippen molar-refractivity contribution in [2.75, 3.05) is 4.90 Å². The summed E-state index contributed by atoms with van der Waals surface area (Å²) in [5.74, 6) is -6.07. The summed E-state index contributed by atoms with van der Waals surface area (Å²) >= 11 is 11.4. The minimum absolute atomic E-state index is 0.0361. The maximum absolute atomic E-state index is 14.2. The zero-order valence-electron chi connectivity index (χ0n) is 19.0. The van der Waals surface area contributed by atoms with Crippen LogP contribution in [0.3, 0.4) is 0 Å². The van der Waals surface area contributed by atoms with E-state index in [4.69, 9.17) is 23.2 Å². The molecule has 2 atom stereocenters. The van der Waals surface area contributed by atoms with Gasteiger partial charge in [0.25, 0.3) is 17.4 Å². The van der Waals surface area contributed by atoms with Crippen molar-refractivity contribution in [2.24, 2.45) is 0 Å². The van der Waals surface area contributed by atoms with Crippen molar-refractivity contribution in [3.05, 3.63) is 47.5 Å². The van der Waals surface area contributed by atoms with E-state index in [-0.39, 0.29) is 24.1 Å². The lowest BCUT2D eigenvalue weighted by atomic mass is 9.87. The Hall–Kier alpha value is -2.80. The summed E-state index contributed by atoms with van der Waals surface area (Å²) < 4.78 is 83.2. The van der Waals surface area contributed by atoms with Gasteiger partial charge in [-0.25, -0.2) is 23.1 Å². The number of rotatable bonds is 7. The van der Waals surface area contributed by atoms with Crippen LogP contribution in [0.4, 0.5) is 32.0 Å². The van der Waals surface area contributed by atoms with Gasteiger partial charge in [-0.2, -0.15) is 0 Å². The van der Waals surface area contributed by atoms with Crippen LogP contribution in [0.15, 0.2) is 36.9 Å². The average molecular weight is 573 g/mol. The van der Waals surface area contributed by atoms with Crippen molar-refractivity contribution in [3.63, 3.8) is 0 Å². The molecule has 7 nitrogen and oxygen atoms in total. The fourth-order valence-electron chi connectivity index (χ4n) is 3.96. The number of hydrogen-bond acceptors (Lipinski definition) is 5. The predicted molar refractivity (Wildman–Crippen MR) is 121 cm³/mol. The molecule has 0 bridgehead atoms. The minimum Gasteiger partial charge on any atom is -0.404 e. The largest absolute Gasteiger partial charge is 0.573 e. The van der Waals surface area contributed by atoms with Gasteiger partial charge in [-0.3, -0.25) is 14.5 Å². The first-order chi connectivity index (χ1) is 17.1. The summed E-state index contributed by atoms with van der Waals surface area (Å²) in [5.41, 5.74) is -5.18. The topological polar surface area (TPSA) is 84.4 Å². The molecule has 1 saturated carbocycles. The number of anilines is 1. The van der Waals surface area contributed by atoms with Crippen molar-refractivity contribution in [3.8, 4) is 5.75 Å². The molecule has 1 aliphatic carbocycles. The number of carbonyl (C=O) groups is 2. The zero-order chi connectivity index (χ0) is 27.6. The van der Waals surface area contributed by atoms with Crippen LogP contribution in [0, 0.1) is 0 Å². The number of hydrogen-bond donors (Lipinski definition) is 1. The van der Waals surface area contributed by atoms with Crippen LogP contribution in [0.2, 0.25) is 5.02 Å². The van der Waals surface area contributed by atoms with E-state index in [9.17, 15) is 35.9 Å². The van der Waals surface area contributed by atoms with Gasteiger partial charge in [-0.1, -0.05) is 23.2 Å². The van der Waals surface area contributed by atoms with Crippen LogP contribution in [0.5, 0.6) is 5.75 Å². The lowest BCUT2D eigenvalue weighted by Crippen LogP contribution is -2.60. The van der Waals surface area contributed by atoms with Crippen molar-refractivity contribution in [2.45, 2.75) is 62.1 Å². The highest BCUT2D eigenvalue weighted by Gasteiger charge is 2.48. The quantitative estimate of drug-likeness (QED) is 0.349. The van der Waals surface area contributed by atoms with Crippen LogP contribution in [0.1, 0.15) is 38.2 Å². The fourth-order valence-corrected chi connectivity index (χ4v) is 4.27. The molecule has 1 aromatic heterocycles. The van der Waals surface area contributed by atoms with Crippen LogP contribution in [-0.4, -0.2) is 45.7 Å². The number of nitrogens with zero attached hydrogens (tertiary/aromatic N) is 3. The van der Waals surface area contributed by atoms with Gasteiger partial charge in [0, 0.05) is 42.5 Å². The molecule has 2 amide bonds. The second-order valence-electron chi connectivity index (χ2n) is 8.44. The third-order valence-corrected chi connectivity index (χ3v) is 6.35. The lowest BCUT2D eigenvalue weighted by molar-refractivity contribution is -0.274. The summed E-state index contributed by atoms with van der Waals surface area (Å²) in [6.07, 6.45) is -2.72. The maximum atomic E-state index is 14.2. The number of benzene rings is 1. The van der Waals surface area contributed by atoms with Gasteiger partial charge in [-0.05, 0) is 38.0 Å². The molecule has 0 spiro atoms. The molecule has 1 aliphatic rings. The molecule has 3 rings (SSSR count). The van der Waals surface area contributed by atoms with E-state index in [0.717, 1.165) is 36.9 Å². The molecule has 0 radical (unpaired) electrons. The number of alkyl halides is 7. The van der Waals surface area contributed by atoms with Crippen LogP contribution >= 0.6 is 23.2 Å². The monoisotopic (exact) mass is 572 g/mol. The highest BCUT2D eigenvalue weighted by Crippen LogP contribution is 2.40. The molecule has 0 unspecified atom stereocenters. The second-order valence-corrected chi connectivity index (χ2v) is 9.23. The van der Waals surface area contributed by atoms with Gasteiger partial charge in [-0.15, -0.1) is 13.2 Å². The summed E-state index contributed by atoms with van der Waals surface area (Å²) in [7, 11) is 0. The first-order valence-corrected chi connectivity index (χ1v) is 11.6. The van der Waals surface area contributed by atoms with Crippen molar-refractivity contribution in [1.82, 2.24) is 15.3 Å². The Kier molecular flexibility index (Phi) is 8.47. The molecule has 15 heteroatoms. The smallest absolute Gasteiger partial charge is 0.404 e. The standard InChI is InChI=1S/C22H20Cl2F6N4O3/c1-20(12-9-31-11-32-10-12,19(36)33-13-4-6-21(26,27)7-5-13)34(18(35)17(24)25)14-2-3-16(15(23)8-14)37-22(28,29)30/h2-3,8-11,13,17H,4-7H2,1H3,(H,33,36)/t17-,20-/m0/s1. The van der Waals surface area contributed by atoms with E-state index in [1.165, 1.54) is 6.92 Å². The number of carbonyl (C=O) groups excluding carboxylic acids is 2. The molecule has 1 fully saturated rings. The Bertz CT molecular complexity index is 1130. The highest BCUT2D eigenvalue weighted by atomic mass is 35.5.